The molecule has 5 aromatic heterocycles. The summed E-state index contributed by atoms with van der Waals surface area (Å²) in [5.41, 5.74) is 18.1. The van der Waals surface area contributed by atoms with Gasteiger partial charge in [0.15, 0.2) is 0 Å². The standard InChI is InChI=1S/C66H39N3S3/c1-66(2)52-20-9-7-14-42(52)48-31-39(23-26-53(48)66)69-55-30-38(22-25-46(55)61-43-15-5-6-16-44(43)62-47-17-8-10-21-58(47)71-65(62)63(61)69)41-18-11-19-45-51-33-57-50(34-59(51)72-64(41)45)49-28-36-12-3-4-13-37(36)29-56(49)68(57)40-24-27-54-60(32-40)70-35-67-54/h3-35H,1-2H3. The van der Waals surface area contributed by atoms with E-state index in [1.54, 1.807) is 11.3 Å². The highest BCUT2D eigenvalue weighted by atomic mass is 32.1. The quantitative estimate of drug-likeness (QED) is 0.173. The van der Waals surface area contributed by atoms with E-state index in [2.05, 4.69) is 222 Å². The Morgan fingerprint density at radius 1 is 0.403 bits per heavy atom. The molecule has 0 amide bonds. The van der Waals surface area contributed by atoms with E-state index in [0.717, 1.165) is 11.2 Å². The van der Waals surface area contributed by atoms with Gasteiger partial charge in [0.25, 0.3) is 0 Å². The third kappa shape index (κ3) is 5.16. The van der Waals surface area contributed by atoms with E-state index in [0.29, 0.717) is 0 Å². The van der Waals surface area contributed by atoms with E-state index >= 15 is 0 Å². The van der Waals surface area contributed by atoms with Crippen LogP contribution < -0.4 is 0 Å². The number of aromatic nitrogens is 3. The molecule has 0 saturated heterocycles. The van der Waals surface area contributed by atoms with Crippen LogP contribution in [0, 0.1) is 0 Å². The van der Waals surface area contributed by atoms with Crippen molar-refractivity contribution in [1.29, 1.82) is 0 Å². The second-order valence-electron chi connectivity index (χ2n) is 20.2. The molecule has 0 unspecified atom stereocenters. The summed E-state index contributed by atoms with van der Waals surface area (Å²) in [7, 11) is 0. The molecule has 1 aliphatic carbocycles. The molecule has 0 atom stereocenters. The lowest BCUT2D eigenvalue weighted by molar-refractivity contribution is 0.660. The van der Waals surface area contributed by atoms with E-state index in [9.17, 15) is 0 Å². The van der Waals surface area contributed by atoms with Crippen LogP contribution in [0.4, 0.5) is 0 Å². The van der Waals surface area contributed by atoms with E-state index in [1.165, 1.54) is 149 Å². The maximum absolute atomic E-state index is 4.62. The Morgan fingerprint density at radius 3 is 1.99 bits per heavy atom. The van der Waals surface area contributed by atoms with Gasteiger partial charge in [0.1, 0.15) is 0 Å². The molecule has 72 heavy (non-hydrogen) atoms. The molecule has 5 heterocycles. The molecule has 1 aliphatic rings. The van der Waals surface area contributed by atoms with Gasteiger partial charge in [-0.2, -0.15) is 0 Å². The molecule has 16 aromatic rings. The molecular weight excluding hydrogens is 931 g/mol. The predicted molar refractivity (Wildman–Crippen MR) is 312 cm³/mol. The van der Waals surface area contributed by atoms with Crippen LogP contribution in [0.25, 0.3) is 149 Å². The van der Waals surface area contributed by atoms with Crippen LogP contribution in [0.15, 0.2) is 200 Å². The van der Waals surface area contributed by atoms with Gasteiger partial charge in [-0.05, 0) is 122 Å². The summed E-state index contributed by atoms with van der Waals surface area (Å²) in [6, 6.07) is 73.7. The Hall–Kier alpha value is -8.13. The normalized spacial score (nSPS) is 13.5. The van der Waals surface area contributed by atoms with Crippen LogP contribution in [0.5, 0.6) is 0 Å². The zero-order chi connectivity index (χ0) is 47.1. The molecule has 17 rings (SSSR count). The highest BCUT2D eigenvalue weighted by molar-refractivity contribution is 7.27. The summed E-state index contributed by atoms with van der Waals surface area (Å²) < 4.78 is 11.5. The number of thiazole rings is 1. The van der Waals surface area contributed by atoms with Crippen molar-refractivity contribution in [2.24, 2.45) is 0 Å². The highest BCUT2D eigenvalue weighted by Crippen LogP contribution is 2.53. The second kappa shape index (κ2) is 14.1. The van der Waals surface area contributed by atoms with Crippen LogP contribution in [-0.2, 0) is 5.41 Å². The van der Waals surface area contributed by atoms with Crippen molar-refractivity contribution in [2.45, 2.75) is 19.3 Å². The lowest BCUT2D eigenvalue weighted by Crippen LogP contribution is -2.14. The monoisotopic (exact) mass is 969 g/mol. The third-order valence-electron chi connectivity index (χ3n) is 16.2. The van der Waals surface area contributed by atoms with Crippen LogP contribution in [0.1, 0.15) is 25.0 Å². The first-order valence-electron chi connectivity index (χ1n) is 24.7. The van der Waals surface area contributed by atoms with Crippen molar-refractivity contribution in [3.63, 3.8) is 0 Å². The first-order chi connectivity index (χ1) is 35.4. The minimum atomic E-state index is -0.0807. The van der Waals surface area contributed by atoms with Gasteiger partial charge in [-0.1, -0.05) is 141 Å². The van der Waals surface area contributed by atoms with Gasteiger partial charge in [-0.15, -0.1) is 34.0 Å². The minimum absolute atomic E-state index is 0.0807. The number of hydrogen-bond acceptors (Lipinski definition) is 4. The number of rotatable bonds is 3. The zero-order valence-electron chi connectivity index (χ0n) is 39.1. The van der Waals surface area contributed by atoms with Crippen molar-refractivity contribution in [3.05, 3.63) is 211 Å². The molecule has 0 spiro atoms. The second-order valence-corrected chi connectivity index (χ2v) is 23.2. The highest BCUT2D eigenvalue weighted by Gasteiger charge is 2.35. The Bertz CT molecular complexity index is 5090. The molecule has 0 radical (unpaired) electrons. The van der Waals surface area contributed by atoms with Crippen LogP contribution in [0.3, 0.4) is 0 Å². The van der Waals surface area contributed by atoms with Crippen LogP contribution in [-0.4, -0.2) is 14.1 Å². The van der Waals surface area contributed by atoms with Crippen LogP contribution in [0.2, 0.25) is 0 Å². The van der Waals surface area contributed by atoms with E-state index in [1.807, 2.05) is 28.2 Å². The van der Waals surface area contributed by atoms with Crippen LogP contribution >= 0.6 is 34.0 Å². The Labute approximate surface area is 424 Å². The summed E-state index contributed by atoms with van der Waals surface area (Å²) in [6.45, 7) is 4.75. The molecular formula is C66H39N3S3. The van der Waals surface area contributed by atoms with Gasteiger partial charge >= 0.3 is 0 Å². The summed E-state index contributed by atoms with van der Waals surface area (Å²) >= 11 is 5.55. The van der Waals surface area contributed by atoms with Gasteiger partial charge in [-0.3, -0.25) is 0 Å². The zero-order valence-corrected chi connectivity index (χ0v) is 41.6. The fourth-order valence-electron chi connectivity index (χ4n) is 12.9. The van der Waals surface area contributed by atoms with Crippen molar-refractivity contribution in [1.82, 2.24) is 14.1 Å². The first kappa shape index (κ1) is 39.6. The number of benzene rings is 11. The van der Waals surface area contributed by atoms with Gasteiger partial charge < -0.3 is 9.13 Å². The molecule has 0 bridgehead atoms. The minimum Gasteiger partial charge on any atom is -0.309 e. The maximum Gasteiger partial charge on any atom is 0.0813 e. The largest absolute Gasteiger partial charge is 0.309 e. The fourth-order valence-corrected chi connectivity index (χ4v) is 16.2. The predicted octanol–water partition coefficient (Wildman–Crippen LogP) is 19.5. The summed E-state index contributed by atoms with van der Waals surface area (Å²) in [4.78, 5) is 4.62. The summed E-state index contributed by atoms with van der Waals surface area (Å²) in [5.74, 6) is 0. The summed E-state index contributed by atoms with van der Waals surface area (Å²) in [5, 5.41) is 15.5. The maximum atomic E-state index is 4.62. The average molecular weight is 970 g/mol. The summed E-state index contributed by atoms with van der Waals surface area (Å²) in [6.07, 6.45) is 0. The molecule has 0 N–H and O–H groups in total. The molecule has 3 nitrogen and oxygen atoms in total. The molecule has 0 aliphatic heterocycles. The average Bonchev–Trinajstić information content (AvgIpc) is 4.28. The van der Waals surface area contributed by atoms with Gasteiger partial charge in [0, 0.05) is 74.0 Å². The van der Waals surface area contributed by atoms with Crippen molar-refractivity contribution in [3.8, 4) is 33.6 Å². The van der Waals surface area contributed by atoms with E-state index < -0.39 is 0 Å². The molecule has 0 saturated carbocycles. The smallest absolute Gasteiger partial charge is 0.0813 e. The molecule has 336 valence electrons. The molecule has 11 aromatic carbocycles. The number of fused-ring (bicyclic) bond motifs is 21. The Morgan fingerprint density at radius 2 is 1.08 bits per heavy atom. The number of thiophene rings is 2. The SMILES string of the molecule is CC1(C)c2ccccc2-c2cc(-n3c4cc(-c5cccc6c5sc5cc7c8cc9ccccc9cc8n(-c8ccc9ncsc9c8)c7cc56)ccc4c4c5ccccc5c5c6ccccc6sc5c43)ccc21. The van der Waals surface area contributed by atoms with Crippen molar-refractivity contribution >= 4 is 150 Å². The van der Waals surface area contributed by atoms with Gasteiger partial charge in [0.05, 0.1) is 42.5 Å². The number of nitrogens with zero attached hydrogens (tertiary/aromatic N) is 3. The van der Waals surface area contributed by atoms with Gasteiger partial charge in [-0.25, -0.2) is 4.98 Å². The molecule has 6 heteroatoms. The lowest BCUT2D eigenvalue weighted by atomic mass is 9.82. The van der Waals surface area contributed by atoms with E-state index in [-0.39, 0.29) is 5.41 Å². The number of hydrogen-bond donors (Lipinski definition) is 0. The van der Waals surface area contributed by atoms with E-state index in [4.69, 9.17) is 0 Å². The Kier molecular flexibility index (Phi) is 7.72. The third-order valence-corrected chi connectivity index (χ3v) is 19.4. The molecule has 0 fully saturated rings. The lowest BCUT2D eigenvalue weighted by Gasteiger charge is -2.21. The van der Waals surface area contributed by atoms with Gasteiger partial charge in [0.2, 0.25) is 0 Å². The fraction of sp³-hybridized carbons (Fsp3) is 0.0455. The van der Waals surface area contributed by atoms with Crippen molar-refractivity contribution < 1.29 is 0 Å². The first-order valence-corrected chi connectivity index (χ1v) is 27.2. The van der Waals surface area contributed by atoms with Crippen molar-refractivity contribution in [2.75, 3.05) is 0 Å². The topological polar surface area (TPSA) is 22.8 Å². The Balaban J connectivity index is 0.945.